The van der Waals surface area contributed by atoms with Crippen molar-refractivity contribution in [3.05, 3.63) is 77.9 Å². The summed E-state index contributed by atoms with van der Waals surface area (Å²) in [4.78, 5) is 15.5. The van der Waals surface area contributed by atoms with Crippen LogP contribution in [0.25, 0.3) is 0 Å². The highest BCUT2D eigenvalue weighted by atomic mass is 16.5. The fourth-order valence-electron chi connectivity index (χ4n) is 4.78. The number of ether oxygens (including phenoxy) is 2. The lowest BCUT2D eigenvalue weighted by atomic mass is 9.73. The van der Waals surface area contributed by atoms with E-state index in [4.69, 9.17) is 9.47 Å². The first-order chi connectivity index (χ1) is 15.6. The Labute approximate surface area is 187 Å². The lowest BCUT2D eigenvalue weighted by Crippen LogP contribution is -2.46. The van der Waals surface area contributed by atoms with Gasteiger partial charge in [-0.25, -0.2) is 0 Å². The van der Waals surface area contributed by atoms with Crippen molar-refractivity contribution in [2.75, 3.05) is 25.5 Å². The summed E-state index contributed by atoms with van der Waals surface area (Å²) >= 11 is 0. The molecule has 0 saturated carbocycles. The molecule has 2 aliphatic rings. The summed E-state index contributed by atoms with van der Waals surface area (Å²) in [5.41, 5.74) is 2.30. The van der Waals surface area contributed by atoms with Gasteiger partial charge < -0.3 is 19.9 Å². The van der Waals surface area contributed by atoms with Crippen molar-refractivity contribution < 1.29 is 19.4 Å². The number of methoxy groups -OCH3 is 1. The Kier molecular flexibility index (Phi) is 5.23. The van der Waals surface area contributed by atoms with Crippen molar-refractivity contribution in [3.63, 3.8) is 0 Å². The first-order valence-electron chi connectivity index (χ1n) is 10.8. The second kappa shape index (κ2) is 8.20. The van der Waals surface area contributed by atoms with Gasteiger partial charge in [-0.3, -0.25) is 9.69 Å². The lowest BCUT2D eigenvalue weighted by molar-refractivity contribution is -0.122. The Morgan fingerprint density at radius 3 is 2.50 bits per heavy atom. The minimum Gasteiger partial charge on any atom is -0.508 e. The second-order valence-corrected chi connectivity index (χ2v) is 8.45. The van der Waals surface area contributed by atoms with Gasteiger partial charge in [0.25, 0.3) is 0 Å². The highest BCUT2D eigenvalue weighted by Crippen LogP contribution is 2.49. The molecule has 0 unspecified atom stereocenters. The number of hydrogen-bond donors (Lipinski definition) is 2. The number of nitrogens with one attached hydrogen (secondary N) is 1. The fraction of sp³-hybridized carbons (Fsp3) is 0.269. The number of hydrogen-bond acceptors (Lipinski definition) is 5. The monoisotopic (exact) mass is 430 g/mol. The van der Waals surface area contributed by atoms with E-state index in [1.807, 2.05) is 54.6 Å². The number of para-hydroxylation sites is 1. The van der Waals surface area contributed by atoms with Crippen molar-refractivity contribution in [2.24, 2.45) is 0 Å². The first kappa shape index (κ1) is 20.4. The topological polar surface area (TPSA) is 71.0 Å². The van der Waals surface area contributed by atoms with Crippen molar-refractivity contribution in [1.82, 2.24) is 4.90 Å². The van der Waals surface area contributed by atoms with Gasteiger partial charge >= 0.3 is 0 Å². The number of piperidine rings is 1. The van der Waals surface area contributed by atoms with Crippen LogP contribution in [0.2, 0.25) is 0 Å². The van der Waals surface area contributed by atoms with Crippen LogP contribution >= 0.6 is 0 Å². The second-order valence-electron chi connectivity index (χ2n) is 8.45. The molecular formula is C26H26N2O4. The van der Waals surface area contributed by atoms with Gasteiger partial charge in [-0.05, 0) is 67.4 Å². The molecule has 0 bridgehead atoms. The molecule has 2 N–H and O–H groups in total. The fourth-order valence-corrected chi connectivity index (χ4v) is 4.78. The minimum atomic E-state index is -0.552. The summed E-state index contributed by atoms with van der Waals surface area (Å²) in [5.74, 6) is 2.23. The molecule has 0 radical (unpaired) electrons. The molecule has 6 heteroatoms. The van der Waals surface area contributed by atoms with Crippen LogP contribution in [0.5, 0.6) is 23.0 Å². The van der Waals surface area contributed by atoms with E-state index in [0.29, 0.717) is 17.2 Å². The number of benzene rings is 3. The van der Waals surface area contributed by atoms with Gasteiger partial charge in [-0.15, -0.1) is 0 Å². The van der Waals surface area contributed by atoms with Gasteiger partial charge in [-0.2, -0.15) is 0 Å². The Balaban J connectivity index is 1.37. The van der Waals surface area contributed by atoms with Crippen LogP contribution in [0.3, 0.4) is 0 Å². The zero-order chi connectivity index (χ0) is 22.1. The number of carbonyl (C=O) groups excluding carboxylic acids is 1. The van der Waals surface area contributed by atoms with E-state index in [0.717, 1.165) is 49.3 Å². The molecule has 1 fully saturated rings. The highest BCUT2D eigenvalue weighted by Gasteiger charge is 2.49. The summed E-state index contributed by atoms with van der Waals surface area (Å²) in [6.45, 7) is 2.35. The number of phenols is 1. The smallest absolute Gasteiger partial charge is 0.235 e. The molecule has 3 aromatic rings. The van der Waals surface area contributed by atoms with E-state index in [1.165, 1.54) is 0 Å². The number of fused-ring (bicyclic) bond motifs is 2. The van der Waals surface area contributed by atoms with Gasteiger partial charge in [0.15, 0.2) is 11.5 Å². The summed E-state index contributed by atoms with van der Waals surface area (Å²) in [5, 5.41) is 12.8. The maximum Gasteiger partial charge on any atom is 0.235 e. The van der Waals surface area contributed by atoms with Crippen molar-refractivity contribution >= 4 is 11.6 Å². The van der Waals surface area contributed by atoms with Crippen LogP contribution in [-0.2, 0) is 16.8 Å². The molecular weight excluding hydrogens is 404 g/mol. The van der Waals surface area contributed by atoms with Crippen LogP contribution in [-0.4, -0.2) is 36.1 Å². The van der Waals surface area contributed by atoms with Gasteiger partial charge in [0, 0.05) is 18.3 Å². The third-order valence-electron chi connectivity index (χ3n) is 6.50. The number of amides is 1. The first-order valence-corrected chi connectivity index (χ1v) is 10.8. The molecule has 2 heterocycles. The molecule has 6 nitrogen and oxygen atoms in total. The quantitative estimate of drug-likeness (QED) is 0.615. The van der Waals surface area contributed by atoms with E-state index in [9.17, 15) is 9.90 Å². The summed E-state index contributed by atoms with van der Waals surface area (Å²) in [6.07, 6.45) is 1.46. The summed E-state index contributed by atoms with van der Waals surface area (Å²) < 4.78 is 11.6. The standard InChI is InChI=1S/C26H26N2O4/c1-31-23-15-21-22(16-24(23)32-20-8-3-2-4-9-20)27-25(30)26(21)10-12-28(13-11-26)17-18-6-5-7-19(29)14-18/h2-9,14-16,29H,10-13,17H2,1H3,(H,27,30). The Morgan fingerprint density at radius 2 is 1.78 bits per heavy atom. The van der Waals surface area contributed by atoms with Crippen LogP contribution in [0.4, 0.5) is 5.69 Å². The number of likely N-dealkylation sites (tertiary alicyclic amines) is 1. The maximum atomic E-state index is 13.1. The molecule has 2 aliphatic heterocycles. The average Bonchev–Trinajstić information content (AvgIpc) is 3.05. The number of nitrogens with zero attached hydrogens (tertiary/aromatic N) is 1. The molecule has 1 saturated heterocycles. The third kappa shape index (κ3) is 3.67. The van der Waals surface area contributed by atoms with Gasteiger partial charge in [-0.1, -0.05) is 30.3 Å². The molecule has 5 rings (SSSR count). The molecule has 0 aromatic heterocycles. The number of anilines is 1. The molecule has 32 heavy (non-hydrogen) atoms. The largest absolute Gasteiger partial charge is 0.508 e. The number of aromatic hydroxyl groups is 1. The van der Waals surface area contributed by atoms with Gasteiger partial charge in [0.2, 0.25) is 5.91 Å². The highest BCUT2D eigenvalue weighted by molar-refractivity contribution is 6.06. The van der Waals surface area contributed by atoms with Gasteiger partial charge in [0.05, 0.1) is 12.5 Å². The van der Waals surface area contributed by atoms with Crippen LogP contribution in [0.15, 0.2) is 66.7 Å². The van der Waals surface area contributed by atoms with Crippen LogP contribution < -0.4 is 14.8 Å². The molecule has 1 spiro atoms. The Hall–Kier alpha value is -3.51. The van der Waals surface area contributed by atoms with Gasteiger partial charge in [0.1, 0.15) is 11.5 Å². The summed E-state index contributed by atoms with van der Waals surface area (Å²) in [7, 11) is 1.62. The van der Waals surface area contributed by atoms with E-state index < -0.39 is 5.41 Å². The minimum absolute atomic E-state index is 0.0448. The van der Waals surface area contributed by atoms with E-state index in [1.54, 1.807) is 19.2 Å². The molecule has 0 atom stereocenters. The van der Waals surface area contributed by atoms with Crippen molar-refractivity contribution in [1.29, 1.82) is 0 Å². The molecule has 1 amide bonds. The molecule has 164 valence electrons. The summed E-state index contributed by atoms with van der Waals surface area (Å²) in [6, 6.07) is 20.7. The normalized spacial score (nSPS) is 17.1. The number of rotatable bonds is 5. The predicted octanol–water partition coefficient (Wildman–Crippen LogP) is 4.68. The average molecular weight is 431 g/mol. The molecule has 3 aromatic carbocycles. The van der Waals surface area contributed by atoms with E-state index >= 15 is 0 Å². The number of phenolic OH excluding ortho intramolecular Hbond substituents is 1. The van der Waals surface area contributed by atoms with Crippen LogP contribution in [0, 0.1) is 0 Å². The van der Waals surface area contributed by atoms with E-state index in [-0.39, 0.29) is 11.7 Å². The van der Waals surface area contributed by atoms with E-state index in [2.05, 4.69) is 10.2 Å². The van der Waals surface area contributed by atoms with Crippen molar-refractivity contribution in [3.8, 4) is 23.0 Å². The number of carbonyl (C=O) groups is 1. The zero-order valence-corrected chi connectivity index (χ0v) is 18.0. The Morgan fingerprint density at radius 1 is 1.00 bits per heavy atom. The lowest BCUT2D eigenvalue weighted by Gasteiger charge is -2.38. The molecule has 0 aliphatic carbocycles. The van der Waals surface area contributed by atoms with Crippen LogP contribution in [0.1, 0.15) is 24.0 Å². The zero-order valence-electron chi connectivity index (χ0n) is 18.0. The predicted molar refractivity (Wildman–Crippen MR) is 122 cm³/mol. The third-order valence-corrected chi connectivity index (χ3v) is 6.50. The Bertz CT molecular complexity index is 1140. The maximum absolute atomic E-state index is 13.1. The SMILES string of the molecule is COc1cc2c(cc1Oc1ccccc1)NC(=O)C21CCN(Cc2cccc(O)c2)CC1. The van der Waals surface area contributed by atoms with Crippen molar-refractivity contribution in [2.45, 2.75) is 24.8 Å².